The highest BCUT2D eigenvalue weighted by Crippen LogP contribution is 2.25. The number of ether oxygens (including phenoxy) is 1. The molecule has 1 amide bonds. The van der Waals surface area contributed by atoms with Crippen LogP contribution in [-0.2, 0) is 14.8 Å². The maximum absolute atomic E-state index is 12.7. The first-order valence-electron chi connectivity index (χ1n) is 9.23. The standard InChI is InChI=1S/C20H25N3O6S/c1-14-8-5-6-11-19(14)29-13-15(2)21-20(24)16(3)22(30(4,27)28)17-9-7-10-18(12-17)23(25)26/h5-12,15-16H,13H2,1-4H3,(H,21,24)/t15-,16-/m0/s1. The van der Waals surface area contributed by atoms with Gasteiger partial charge in [0.1, 0.15) is 18.4 Å². The van der Waals surface area contributed by atoms with Crippen LogP contribution in [0.15, 0.2) is 48.5 Å². The van der Waals surface area contributed by atoms with Gasteiger partial charge in [0.25, 0.3) is 5.69 Å². The molecule has 0 aliphatic heterocycles. The van der Waals surface area contributed by atoms with Crippen molar-refractivity contribution in [2.45, 2.75) is 32.9 Å². The SMILES string of the molecule is Cc1ccccc1OC[C@H](C)NC(=O)[C@H](C)N(c1cccc([N+](=O)[O-])c1)S(C)(=O)=O. The van der Waals surface area contributed by atoms with Crippen molar-refractivity contribution < 1.29 is 22.9 Å². The number of carbonyl (C=O) groups is 1. The van der Waals surface area contributed by atoms with Gasteiger partial charge in [0.15, 0.2) is 0 Å². The van der Waals surface area contributed by atoms with Crippen LogP contribution in [0.3, 0.4) is 0 Å². The average molecular weight is 436 g/mol. The number of sulfonamides is 1. The lowest BCUT2D eigenvalue weighted by atomic mass is 10.2. The second kappa shape index (κ2) is 9.57. The van der Waals surface area contributed by atoms with E-state index in [4.69, 9.17) is 4.74 Å². The molecule has 0 aliphatic rings. The topological polar surface area (TPSA) is 119 Å². The van der Waals surface area contributed by atoms with E-state index in [2.05, 4.69) is 5.32 Å². The molecule has 2 aromatic carbocycles. The number of nitro groups is 1. The summed E-state index contributed by atoms with van der Waals surface area (Å²) in [5.74, 6) is 0.147. The van der Waals surface area contributed by atoms with Gasteiger partial charge in [-0.1, -0.05) is 24.3 Å². The zero-order valence-corrected chi connectivity index (χ0v) is 18.0. The zero-order chi connectivity index (χ0) is 22.5. The van der Waals surface area contributed by atoms with E-state index in [1.165, 1.54) is 25.1 Å². The molecule has 2 atom stereocenters. The second-order valence-corrected chi connectivity index (χ2v) is 8.86. The maximum Gasteiger partial charge on any atom is 0.271 e. The number of hydrogen-bond acceptors (Lipinski definition) is 6. The summed E-state index contributed by atoms with van der Waals surface area (Å²) in [6, 6.07) is 11.1. The van der Waals surface area contributed by atoms with Crippen molar-refractivity contribution in [2.75, 3.05) is 17.2 Å². The Bertz CT molecular complexity index is 1020. The van der Waals surface area contributed by atoms with Crippen molar-refractivity contribution in [3.05, 3.63) is 64.2 Å². The minimum absolute atomic E-state index is 0.0400. The molecule has 2 aromatic rings. The summed E-state index contributed by atoms with van der Waals surface area (Å²) in [5, 5.41) is 13.8. The van der Waals surface area contributed by atoms with Gasteiger partial charge in [0.2, 0.25) is 15.9 Å². The fraction of sp³-hybridized carbons (Fsp3) is 0.350. The van der Waals surface area contributed by atoms with E-state index in [1.54, 1.807) is 6.92 Å². The molecule has 0 spiro atoms. The number of non-ortho nitro benzene ring substituents is 1. The van der Waals surface area contributed by atoms with Crippen LogP contribution in [0.1, 0.15) is 19.4 Å². The summed E-state index contributed by atoms with van der Waals surface area (Å²) >= 11 is 0. The van der Waals surface area contributed by atoms with Crippen molar-refractivity contribution in [1.82, 2.24) is 5.32 Å². The van der Waals surface area contributed by atoms with Gasteiger partial charge in [-0.25, -0.2) is 8.42 Å². The molecule has 10 heteroatoms. The van der Waals surface area contributed by atoms with Gasteiger partial charge in [0, 0.05) is 12.1 Å². The average Bonchev–Trinajstić information content (AvgIpc) is 2.66. The van der Waals surface area contributed by atoms with Crippen LogP contribution in [0, 0.1) is 17.0 Å². The third-order valence-electron chi connectivity index (χ3n) is 4.35. The summed E-state index contributed by atoms with van der Waals surface area (Å²) in [7, 11) is -3.88. The Balaban J connectivity index is 2.13. The molecule has 9 nitrogen and oxygen atoms in total. The van der Waals surface area contributed by atoms with Crippen LogP contribution < -0.4 is 14.4 Å². The number of para-hydroxylation sites is 1. The first kappa shape index (κ1) is 23.1. The molecule has 30 heavy (non-hydrogen) atoms. The van der Waals surface area contributed by atoms with E-state index >= 15 is 0 Å². The lowest BCUT2D eigenvalue weighted by Crippen LogP contribution is -2.50. The number of nitrogens with zero attached hydrogens (tertiary/aromatic N) is 2. The van der Waals surface area contributed by atoms with Crippen molar-refractivity contribution >= 4 is 27.3 Å². The Hall–Kier alpha value is -3.14. The van der Waals surface area contributed by atoms with Gasteiger partial charge in [-0.3, -0.25) is 19.2 Å². The molecule has 0 heterocycles. The Labute approximate surface area is 175 Å². The number of carbonyl (C=O) groups excluding carboxylic acids is 1. The second-order valence-electron chi connectivity index (χ2n) is 7.00. The summed E-state index contributed by atoms with van der Waals surface area (Å²) in [5.41, 5.74) is 0.727. The third kappa shape index (κ3) is 5.93. The molecule has 0 saturated heterocycles. The Morgan fingerprint density at radius 3 is 2.47 bits per heavy atom. The van der Waals surface area contributed by atoms with Gasteiger partial charge >= 0.3 is 0 Å². The Morgan fingerprint density at radius 2 is 1.87 bits per heavy atom. The number of rotatable bonds is 9. The van der Waals surface area contributed by atoms with Crippen molar-refractivity contribution in [3.8, 4) is 5.75 Å². The van der Waals surface area contributed by atoms with E-state index in [1.807, 2.05) is 31.2 Å². The molecule has 0 radical (unpaired) electrons. The highest BCUT2D eigenvalue weighted by atomic mass is 32.2. The molecule has 0 fully saturated rings. The number of aryl methyl sites for hydroxylation is 1. The smallest absolute Gasteiger partial charge is 0.271 e. The van der Waals surface area contributed by atoms with E-state index < -0.39 is 32.9 Å². The molecule has 2 rings (SSSR count). The summed E-state index contributed by atoms with van der Waals surface area (Å²) in [4.78, 5) is 23.1. The zero-order valence-electron chi connectivity index (χ0n) is 17.2. The van der Waals surface area contributed by atoms with E-state index in [0.717, 1.165) is 22.2 Å². The van der Waals surface area contributed by atoms with Crippen molar-refractivity contribution in [3.63, 3.8) is 0 Å². The van der Waals surface area contributed by atoms with Crippen LogP contribution in [0.25, 0.3) is 0 Å². The first-order chi connectivity index (χ1) is 14.0. The highest BCUT2D eigenvalue weighted by molar-refractivity contribution is 7.92. The minimum atomic E-state index is -3.88. The van der Waals surface area contributed by atoms with Gasteiger partial charge in [-0.05, 0) is 38.5 Å². The number of anilines is 1. The summed E-state index contributed by atoms with van der Waals surface area (Å²) in [6.45, 7) is 5.26. The molecule has 0 aromatic heterocycles. The van der Waals surface area contributed by atoms with E-state index in [0.29, 0.717) is 5.75 Å². The Morgan fingerprint density at radius 1 is 1.20 bits per heavy atom. The maximum atomic E-state index is 12.7. The largest absolute Gasteiger partial charge is 0.491 e. The quantitative estimate of drug-likeness (QED) is 0.478. The highest BCUT2D eigenvalue weighted by Gasteiger charge is 2.30. The van der Waals surface area contributed by atoms with Crippen LogP contribution in [0.5, 0.6) is 5.75 Å². The monoisotopic (exact) mass is 435 g/mol. The van der Waals surface area contributed by atoms with Crippen molar-refractivity contribution in [2.24, 2.45) is 0 Å². The van der Waals surface area contributed by atoms with Gasteiger partial charge in [0.05, 0.1) is 22.9 Å². The van der Waals surface area contributed by atoms with Crippen LogP contribution in [0.2, 0.25) is 0 Å². The normalized spacial score (nSPS) is 13.2. The predicted molar refractivity (Wildman–Crippen MR) is 114 cm³/mol. The van der Waals surface area contributed by atoms with E-state index in [9.17, 15) is 23.3 Å². The lowest BCUT2D eigenvalue weighted by molar-refractivity contribution is -0.384. The van der Waals surface area contributed by atoms with Gasteiger partial charge in [-0.15, -0.1) is 0 Å². The summed E-state index contributed by atoms with van der Waals surface area (Å²) in [6.07, 6.45) is 0.945. The number of amides is 1. The van der Waals surface area contributed by atoms with Crippen LogP contribution in [0.4, 0.5) is 11.4 Å². The number of hydrogen-bond donors (Lipinski definition) is 1. The lowest BCUT2D eigenvalue weighted by Gasteiger charge is -2.29. The molecule has 1 N–H and O–H groups in total. The van der Waals surface area contributed by atoms with Gasteiger partial charge < -0.3 is 10.1 Å². The molecule has 0 aliphatic carbocycles. The fourth-order valence-corrected chi connectivity index (χ4v) is 4.06. The van der Waals surface area contributed by atoms with Crippen LogP contribution >= 0.6 is 0 Å². The first-order valence-corrected chi connectivity index (χ1v) is 11.1. The molecular weight excluding hydrogens is 410 g/mol. The number of benzene rings is 2. The fourth-order valence-electron chi connectivity index (χ4n) is 2.89. The van der Waals surface area contributed by atoms with E-state index in [-0.39, 0.29) is 18.0 Å². The molecule has 0 bridgehead atoms. The number of nitrogens with one attached hydrogen (secondary N) is 1. The number of nitro benzene ring substituents is 1. The van der Waals surface area contributed by atoms with Crippen LogP contribution in [-0.4, -0.2) is 44.2 Å². The molecule has 0 unspecified atom stereocenters. The molecule has 0 saturated carbocycles. The van der Waals surface area contributed by atoms with Crippen molar-refractivity contribution in [1.29, 1.82) is 0 Å². The molecular formula is C20H25N3O6S. The predicted octanol–water partition coefficient (Wildman–Crippen LogP) is 2.64. The third-order valence-corrected chi connectivity index (χ3v) is 5.60. The minimum Gasteiger partial charge on any atom is -0.491 e. The molecule has 162 valence electrons. The van der Waals surface area contributed by atoms with Gasteiger partial charge in [-0.2, -0.15) is 0 Å². The Kier molecular flexibility index (Phi) is 7.38. The summed E-state index contributed by atoms with van der Waals surface area (Å²) < 4.78 is 31.3.